The number of nitrogens with two attached hydrogens (primary N) is 1. The van der Waals surface area contributed by atoms with E-state index >= 15 is 0 Å². The zero-order chi connectivity index (χ0) is 13.9. The van der Waals surface area contributed by atoms with E-state index in [1.165, 1.54) is 5.56 Å². The van der Waals surface area contributed by atoms with Gasteiger partial charge in [0.2, 0.25) is 0 Å². The quantitative estimate of drug-likeness (QED) is 0.714. The van der Waals surface area contributed by atoms with Gasteiger partial charge in [0.25, 0.3) is 0 Å². The molecule has 0 aliphatic rings. The summed E-state index contributed by atoms with van der Waals surface area (Å²) in [5.74, 6) is 1.72. The largest absolute Gasteiger partial charge is 0.495 e. The third-order valence-corrected chi connectivity index (χ3v) is 3.38. The minimum atomic E-state index is 0.676. The summed E-state index contributed by atoms with van der Waals surface area (Å²) in [5.41, 5.74) is 9.86. The molecule has 0 amide bonds. The van der Waals surface area contributed by atoms with E-state index in [1.54, 1.807) is 7.11 Å². The van der Waals surface area contributed by atoms with Gasteiger partial charge in [-0.25, -0.2) is 4.98 Å². The lowest BCUT2D eigenvalue weighted by atomic mass is 10.1. The van der Waals surface area contributed by atoms with Gasteiger partial charge in [-0.2, -0.15) is 0 Å². The molecule has 0 saturated carbocycles. The number of benzene rings is 2. The second kappa shape index (κ2) is 5.25. The molecule has 0 spiro atoms. The molecule has 0 aliphatic carbocycles. The summed E-state index contributed by atoms with van der Waals surface area (Å²) in [6, 6.07) is 14.0. The number of rotatable bonds is 4. The highest BCUT2D eigenvalue weighted by atomic mass is 16.5. The van der Waals surface area contributed by atoms with Crippen LogP contribution in [0, 0.1) is 0 Å². The number of ether oxygens (including phenoxy) is 1. The van der Waals surface area contributed by atoms with Gasteiger partial charge in [0.1, 0.15) is 11.6 Å². The van der Waals surface area contributed by atoms with E-state index in [-0.39, 0.29) is 0 Å². The third-order valence-electron chi connectivity index (χ3n) is 3.38. The van der Waals surface area contributed by atoms with Crippen LogP contribution < -0.4 is 10.5 Å². The number of nitrogens with one attached hydrogen (secondary N) is 1. The molecular formula is C16H17N3O. The number of nitrogen functional groups attached to an aromatic ring is 1. The van der Waals surface area contributed by atoms with Crippen LogP contribution in [0.3, 0.4) is 0 Å². The fourth-order valence-corrected chi connectivity index (χ4v) is 2.33. The molecule has 20 heavy (non-hydrogen) atoms. The molecule has 1 heterocycles. The minimum Gasteiger partial charge on any atom is -0.495 e. The first-order chi connectivity index (χ1) is 9.76. The van der Waals surface area contributed by atoms with Crippen LogP contribution in [0.4, 0.5) is 5.69 Å². The Bertz CT molecular complexity index is 700. The SMILES string of the molecule is COc1ccc(CCc2nc3ccccc3[nH]2)cc1N. The summed E-state index contributed by atoms with van der Waals surface area (Å²) in [4.78, 5) is 7.91. The van der Waals surface area contributed by atoms with Crippen molar-refractivity contribution < 1.29 is 4.74 Å². The van der Waals surface area contributed by atoms with Gasteiger partial charge >= 0.3 is 0 Å². The van der Waals surface area contributed by atoms with Crippen molar-refractivity contribution in [1.29, 1.82) is 0 Å². The lowest BCUT2D eigenvalue weighted by Crippen LogP contribution is -1.97. The van der Waals surface area contributed by atoms with Crippen molar-refractivity contribution in [1.82, 2.24) is 9.97 Å². The van der Waals surface area contributed by atoms with E-state index in [2.05, 4.69) is 9.97 Å². The van der Waals surface area contributed by atoms with E-state index in [1.807, 2.05) is 42.5 Å². The van der Waals surface area contributed by atoms with Gasteiger partial charge in [0, 0.05) is 6.42 Å². The zero-order valence-corrected chi connectivity index (χ0v) is 11.4. The number of methoxy groups -OCH3 is 1. The third kappa shape index (κ3) is 2.45. The molecule has 0 radical (unpaired) electrons. The minimum absolute atomic E-state index is 0.676. The maximum absolute atomic E-state index is 5.91. The van der Waals surface area contributed by atoms with Crippen LogP contribution >= 0.6 is 0 Å². The van der Waals surface area contributed by atoms with Gasteiger partial charge in [-0.05, 0) is 36.2 Å². The van der Waals surface area contributed by atoms with E-state index in [0.717, 1.165) is 35.4 Å². The number of imidazole rings is 1. The molecule has 0 saturated heterocycles. The van der Waals surface area contributed by atoms with Crippen molar-refractivity contribution in [2.45, 2.75) is 12.8 Å². The first-order valence-electron chi connectivity index (χ1n) is 6.62. The Balaban J connectivity index is 1.74. The zero-order valence-electron chi connectivity index (χ0n) is 11.4. The van der Waals surface area contributed by atoms with Crippen LogP contribution in [0.1, 0.15) is 11.4 Å². The number of hydrogen-bond donors (Lipinski definition) is 2. The molecule has 4 nitrogen and oxygen atoms in total. The Morgan fingerprint density at radius 3 is 2.75 bits per heavy atom. The summed E-state index contributed by atoms with van der Waals surface area (Å²) in [7, 11) is 1.62. The molecule has 0 atom stereocenters. The van der Waals surface area contributed by atoms with Gasteiger partial charge in [0.05, 0.1) is 23.8 Å². The van der Waals surface area contributed by atoms with E-state index in [0.29, 0.717) is 5.69 Å². The topological polar surface area (TPSA) is 63.9 Å². The predicted molar refractivity (Wildman–Crippen MR) is 80.9 cm³/mol. The van der Waals surface area contributed by atoms with E-state index in [4.69, 9.17) is 10.5 Å². The van der Waals surface area contributed by atoms with Gasteiger partial charge in [0.15, 0.2) is 0 Å². The maximum atomic E-state index is 5.91. The fraction of sp³-hybridized carbons (Fsp3) is 0.188. The van der Waals surface area contributed by atoms with Crippen molar-refractivity contribution >= 4 is 16.7 Å². The van der Waals surface area contributed by atoms with Crippen LogP contribution in [0.25, 0.3) is 11.0 Å². The van der Waals surface area contributed by atoms with Crippen LogP contribution in [0.5, 0.6) is 5.75 Å². The molecule has 3 aromatic rings. The lowest BCUT2D eigenvalue weighted by Gasteiger charge is -2.06. The Morgan fingerprint density at radius 1 is 1.15 bits per heavy atom. The van der Waals surface area contributed by atoms with Crippen molar-refractivity contribution in [2.24, 2.45) is 0 Å². The number of fused-ring (bicyclic) bond motifs is 1. The molecule has 0 aliphatic heterocycles. The smallest absolute Gasteiger partial charge is 0.141 e. The molecule has 0 bridgehead atoms. The van der Waals surface area contributed by atoms with Crippen LogP contribution in [-0.4, -0.2) is 17.1 Å². The molecular weight excluding hydrogens is 250 g/mol. The molecule has 2 aromatic carbocycles. The van der Waals surface area contributed by atoms with Gasteiger partial charge in [-0.3, -0.25) is 0 Å². The van der Waals surface area contributed by atoms with Gasteiger partial charge < -0.3 is 15.5 Å². The first-order valence-corrected chi connectivity index (χ1v) is 6.62. The molecule has 3 rings (SSSR count). The maximum Gasteiger partial charge on any atom is 0.141 e. The Morgan fingerprint density at radius 2 is 2.00 bits per heavy atom. The molecule has 1 aromatic heterocycles. The van der Waals surface area contributed by atoms with Gasteiger partial charge in [-0.15, -0.1) is 0 Å². The molecule has 0 unspecified atom stereocenters. The molecule has 102 valence electrons. The number of nitrogens with zero attached hydrogens (tertiary/aromatic N) is 1. The van der Waals surface area contributed by atoms with E-state index in [9.17, 15) is 0 Å². The second-order valence-corrected chi connectivity index (χ2v) is 4.78. The van der Waals surface area contributed by atoms with Crippen LogP contribution in [-0.2, 0) is 12.8 Å². The number of anilines is 1. The summed E-state index contributed by atoms with van der Waals surface area (Å²) in [6.45, 7) is 0. The highest BCUT2D eigenvalue weighted by Gasteiger charge is 2.04. The summed E-state index contributed by atoms with van der Waals surface area (Å²) >= 11 is 0. The Hall–Kier alpha value is -2.49. The highest BCUT2D eigenvalue weighted by molar-refractivity contribution is 5.74. The Labute approximate surface area is 117 Å². The van der Waals surface area contributed by atoms with Crippen molar-refractivity contribution in [3.63, 3.8) is 0 Å². The first kappa shape index (κ1) is 12.5. The number of aromatic amines is 1. The molecule has 3 N–H and O–H groups in total. The van der Waals surface area contributed by atoms with Gasteiger partial charge in [-0.1, -0.05) is 18.2 Å². The number of aryl methyl sites for hydroxylation is 2. The number of para-hydroxylation sites is 2. The van der Waals surface area contributed by atoms with Crippen LogP contribution in [0.2, 0.25) is 0 Å². The van der Waals surface area contributed by atoms with Crippen molar-refractivity contribution in [3.8, 4) is 5.75 Å². The average Bonchev–Trinajstić information content (AvgIpc) is 2.88. The summed E-state index contributed by atoms with van der Waals surface area (Å²) in [6.07, 6.45) is 1.76. The predicted octanol–water partition coefficient (Wildman–Crippen LogP) is 2.94. The van der Waals surface area contributed by atoms with Crippen molar-refractivity contribution in [3.05, 3.63) is 53.9 Å². The number of aromatic nitrogens is 2. The van der Waals surface area contributed by atoms with Crippen molar-refractivity contribution in [2.75, 3.05) is 12.8 Å². The summed E-state index contributed by atoms with van der Waals surface area (Å²) in [5, 5.41) is 0. The fourth-order valence-electron chi connectivity index (χ4n) is 2.33. The lowest BCUT2D eigenvalue weighted by molar-refractivity contribution is 0.417. The summed E-state index contributed by atoms with van der Waals surface area (Å²) < 4.78 is 5.16. The number of hydrogen-bond acceptors (Lipinski definition) is 3. The second-order valence-electron chi connectivity index (χ2n) is 4.78. The normalized spacial score (nSPS) is 10.8. The molecule has 4 heteroatoms. The van der Waals surface area contributed by atoms with E-state index < -0.39 is 0 Å². The average molecular weight is 267 g/mol. The monoisotopic (exact) mass is 267 g/mol. The molecule has 0 fully saturated rings. The Kier molecular flexibility index (Phi) is 3.29. The highest BCUT2D eigenvalue weighted by Crippen LogP contribution is 2.22. The number of H-pyrrole nitrogens is 1. The van der Waals surface area contributed by atoms with Crippen LogP contribution in [0.15, 0.2) is 42.5 Å². The standard InChI is InChI=1S/C16H17N3O/c1-20-15-8-6-11(10-12(15)17)7-9-16-18-13-4-2-3-5-14(13)19-16/h2-6,8,10H,7,9,17H2,1H3,(H,18,19).